The van der Waals surface area contributed by atoms with Crippen molar-refractivity contribution in [3.05, 3.63) is 30.1 Å². The molecule has 4 rings (SSSR count). The highest BCUT2D eigenvalue weighted by molar-refractivity contribution is 5.89. The highest BCUT2D eigenvalue weighted by Gasteiger charge is 2.38. The summed E-state index contributed by atoms with van der Waals surface area (Å²) < 4.78 is 23.7. The molecule has 0 aromatic heterocycles. The third kappa shape index (κ3) is 5.56. The Morgan fingerprint density at radius 3 is 2.41 bits per heavy atom. The summed E-state index contributed by atoms with van der Waals surface area (Å²) in [5.41, 5.74) is 0. The van der Waals surface area contributed by atoms with Gasteiger partial charge in [-0.15, -0.1) is 0 Å². The molecule has 174 valence electrons. The minimum Gasteiger partial charge on any atom is -0.484 e. The van der Waals surface area contributed by atoms with Crippen LogP contribution in [0.4, 0.5) is 4.39 Å². The molecular weight excluding hydrogens is 417 g/mol. The first kappa shape index (κ1) is 22.5. The largest absolute Gasteiger partial charge is 0.484 e. The number of likely N-dealkylation sites (tertiary alicyclic amines) is 2. The Morgan fingerprint density at radius 1 is 1.03 bits per heavy atom. The molecule has 1 atom stereocenters. The number of ether oxygens (including phenoxy) is 2. The number of rotatable bonds is 6. The van der Waals surface area contributed by atoms with Crippen LogP contribution in [-0.4, -0.2) is 91.5 Å². The molecule has 0 saturated carbocycles. The minimum atomic E-state index is -0.348. The summed E-state index contributed by atoms with van der Waals surface area (Å²) >= 11 is 0. The molecule has 8 nitrogen and oxygen atoms in total. The van der Waals surface area contributed by atoms with Crippen molar-refractivity contribution in [1.29, 1.82) is 0 Å². The van der Waals surface area contributed by atoms with E-state index >= 15 is 0 Å². The van der Waals surface area contributed by atoms with Crippen molar-refractivity contribution < 1.29 is 28.2 Å². The van der Waals surface area contributed by atoms with Crippen LogP contribution in [0.1, 0.15) is 19.3 Å². The molecule has 0 aliphatic carbocycles. The fraction of sp³-hybridized carbons (Fsp3) is 0.609. The number of carbonyl (C=O) groups excluding carboxylic acids is 3. The number of halogens is 1. The molecule has 3 fully saturated rings. The zero-order valence-corrected chi connectivity index (χ0v) is 18.2. The molecule has 0 N–H and O–H groups in total. The molecule has 3 aliphatic heterocycles. The second kappa shape index (κ2) is 10.3. The number of hydrogen-bond acceptors (Lipinski definition) is 5. The van der Waals surface area contributed by atoms with Crippen LogP contribution >= 0.6 is 0 Å². The number of nitrogens with zero attached hydrogens (tertiary/aromatic N) is 3. The molecule has 32 heavy (non-hydrogen) atoms. The lowest BCUT2D eigenvalue weighted by molar-refractivity contribution is -0.139. The summed E-state index contributed by atoms with van der Waals surface area (Å²) in [6.45, 7) is 4.60. The van der Waals surface area contributed by atoms with Crippen molar-refractivity contribution in [2.45, 2.75) is 19.3 Å². The fourth-order valence-corrected chi connectivity index (χ4v) is 4.60. The molecule has 1 aromatic carbocycles. The molecule has 3 aliphatic rings. The Morgan fingerprint density at radius 2 is 1.72 bits per heavy atom. The van der Waals surface area contributed by atoms with Crippen molar-refractivity contribution in [3.63, 3.8) is 0 Å². The van der Waals surface area contributed by atoms with Gasteiger partial charge in [-0.05, 0) is 43.0 Å². The van der Waals surface area contributed by atoms with Crippen LogP contribution in [0.3, 0.4) is 0 Å². The van der Waals surface area contributed by atoms with E-state index in [0.717, 1.165) is 12.8 Å². The summed E-state index contributed by atoms with van der Waals surface area (Å²) in [6, 6.07) is 5.59. The van der Waals surface area contributed by atoms with Gasteiger partial charge in [0, 0.05) is 45.7 Å². The number of piperidine rings is 1. The predicted molar refractivity (Wildman–Crippen MR) is 113 cm³/mol. The lowest BCUT2D eigenvalue weighted by Crippen LogP contribution is -2.45. The first-order valence-corrected chi connectivity index (χ1v) is 11.3. The Hall–Kier alpha value is -2.68. The van der Waals surface area contributed by atoms with E-state index in [2.05, 4.69) is 0 Å². The Kier molecular flexibility index (Phi) is 7.24. The van der Waals surface area contributed by atoms with Gasteiger partial charge in [0.1, 0.15) is 11.6 Å². The standard InChI is InChI=1S/C23H30FN3O5/c24-19-1-3-20(4-2-19)32-16-22(29)25-7-5-17(6-8-25)14-27-15-18(13-21(27)28)23(30)26-9-11-31-12-10-26/h1-4,17-18H,5-16H2. The first-order valence-electron chi connectivity index (χ1n) is 11.3. The summed E-state index contributed by atoms with van der Waals surface area (Å²) in [5.74, 6) is 0.182. The van der Waals surface area contributed by atoms with Crippen molar-refractivity contribution in [2.75, 3.05) is 59.1 Å². The van der Waals surface area contributed by atoms with Crippen LogP contribution in [0, 0.1) is 17.7 Å². The number of hydrogen-bond donors (Lipinski definition) is 0. The molecule has 0 spiro atoms. The minimum absolute atomic E-state index is 0.0443. The van der Waals surface area contributed by atoms with Crippen molar-refractivity contribution >= 4 is 17.7 Å². The number of carbonyl (C=O) groups is 3. The van der Waals surface area contributed by atoms with Crippen molar-refractivity contribution in [2.24, 2.45) is 11.8 Å². The molecule has 9 heteroatoms. The summed E-state index contributed by atoms with van der Waals surface area (Å²) in [7, 11) is 0. The molecule has 0 radical (unpaired) electrons. The van der Waals surface area contributed by atoms with E-state index in [1.165, 1.54) is 24.3 Å². The lowest BCUT2D eigenvalue weighted by atomic mass is 9.96. The smallest absolute Gasteiger partial charge is 0.260 e. The predicted octanol–water partition coefficient (Wildman–Crippen LogP) is 1.15. The van der Waals surface area contributed by atoms with E-state index in [-0.39, 0.29) is 42.5 Å². The van der Waals surface area contributed by atoms with Crippen LogP contribution in [-0.2, 0) is 19.1 Å². The van der Waals surface area contributed by atoms with Crippen LogP contribution in [0.25, 0.3) is 0 Å². The van der Waals surface area contributed by atoms with Gasteiger partial charge in [-0.3, -0.25) is 14.4 Å². The maximum atomic E-state index is 13.0. The SMILES string of the molecule is O=C(COc1ccc(F)cc1)N1CCC(CN2CC(C(=O)N3CCOCC3)CC2=O)CC1. The number of morpholine rings is 1. The Bertz CT molecular complexity index is 819. The zero-order chi connectivity index (χ0) is 22.5. The topological polar surface area (TPSA) is 79.4 Å². The highest BCUT2D eigenvalue weighted by atomic mass is 19.1. The molecular formula is C23H30FN3O5. The molecule has 3 heterocycles. The van der Waals surface area contributed by atoms with E-state index in [0.29, 0.717) is 64.1 Å². The van der Waals surface area contributed by atoms with Gasteiger partial charge >= 0.3 is 0 Å². The van der Waals surface area contributed by atoms with Crippen LogP contribution < -0.4 is 4.74 Å². The van der Waals surface area contributed by atoms with Crippen LogP contribution in [0.15, 0.2) is 24.3 Å². The highest BCUT2D eigenvalue weighted by Crippen LogP contribution is 2.25. The van der Waals surface area contributed by atoms with Gasteiger partial charge in [0.15, 0.2) is 6.61 Å². The third-order valence-electron chi connectivity index (χ3n) is 6.51. The monoisotopic (exact) mass is 447 g/mol. The fourth-order valence-electron chi connectivity index (χ4n) is 4.60. The lowest BCUT2D eigenvalue weighted by Gasteiger charge is -2.34. The summed E-state index contributed by atoms with van der Waals surface area (Å²) in [6.07, 6.45) is 1.91. The van der Waals surface area contributed by atoms with E-state index in [4.69, 9.17) is 9.47 Å². The van der Waals surface area contributed by atoms with Crippen molar-refractivity contribution in [3.8, 4) is 5.75 Å². The average molecular weight is 448 g/mol. The van der Waals surface area contributed by atoms with Gasteiger partial charge in [-0.2, -0.15) is 0 Å². The quantitative estimate of drug-likeness (QED) is 0.654. The second-order valence-corrected chi connectivity index (χ2v) is 8.70. The first-order chi connectivity index (χ1) is 15.5. The van der Waals surface area contributed by atoms with Gasteiger partial charge in [0.2, 0.25) is 11.8 Å². The second-order valence-electron chi connectivity index (χ2n) is 8.70. The summed E-state index contributed by atoms with van der Waals surface area (Å²) in [5, 5.41) is 0. The Labute approximate surface area is 187 Å². The number of amides is 3. The van der Waals surface area contributed by atoms with Gasteiger partial charge in [0.05, 0.1) is 19.1 Å². The van der Waals surface area contributed by atoms with Gasteiger partial charge in [-0.25, -0.2) is 4.39 Å². The van der Waals surface area contributed by atoms with Crippen molar-refractivity contribution in [1.82, 2.24) is 14.7 Å². The summed E-state index contributed by atoms with van der Waals surface area (Å²) in [4.78, 5) is 43.0. The van der Waals surface area contributed by atoms with Crippen LogP contribution in [0.2, 0.25) is 0 Å². The van der Waals surface area contributed by atoms with Gasteiger partial charge < -0.3 is 24.2 Å². The van der Waals surface area contributed by atoms with E-state index in [1.54, 1.807) is 4.90 Å². The molecule has 0 bridgehead atoms. The molecule has 1 aromatic rings. The van der Waals surface area contributed by atoms with E-state index in [9.17, 15) is 18.8 Å². The Balaban J connectivity index is 1.19. The third-order valence-corrected chi connectivity index (χ3v) is 6.51. The molecule has 3 amide bonds. The zero-order valence-electron chi connectivity index (χ0n) is 18.2. The van der Waals surface area contributed by atoms with Gasteiger partial charge in [-0.1, -0.05) is 0 Å². The van der Waals surface area contributed by atoms with Crippen LogP contribution in [0.5, 0.6) is 5.75 Å². The average Bonchev–Trinajstić information content (AvgIpc) is 3.19. The molecule has 1 unspecified atom stereocenters. The van der Waals surface area contributed by atoms with E-state index < -0.39 is 0 Å². The maximum Gasteiger partial charge on any atom is 0.260 e. The van der Waals surface area contributed by atoms with E-state index in [1.807, 2.05) is 9.80 Å². The number of benzene rings is 1. The maximum absolute atomic E-state index is 13.0. The molecule has 3 saturated heterocycles. The normalized spacial score (nSPS) is 22.3. The van der Waals surface area contributed by atoms with Gasteiger partial charge in [0.25, 0.3) is 5.91 Å².